The van der Waals surface area contributed by atoms with Gasteiger partial charge in [-0.05, 0) is 44.7 Å². The highest BCUT2D eigenvalue weighted by atomic mass is 32.2. The predicted octanol–water partition coefficient (Wildman–Crippen LogP) is 1.87. The van der Waals surface area contributed by atoms with E-state index >= 15 is 0 Å². The van der Waals surface area contributed by atoms with Crippen molar-refractivity contribution in [1.82, 2.24) is 10.2 Å². The van der Waals surface area contributed by atoms with Crippen LogP contribution in [0.25, 0.3) is 0 Å². The Morgan fingerprint density at radius 3 is 2.72 bits per heavy atom. The van der Waals surface area contributed by atoms with E-state index in [1.165, 1.54) is 16.7 Å². The molecule has 3 atom stereocenters. The molecule has 0 aromatic heterocycles. The summed E-state index contributed by atoms with van der Waals surface area (Å²) < 4.78 is 5.18. The fourth-order valence-corrected chi connectivity index (χ4v) is 4.43. The minimum Gasteiger partial charge on any atom is -0.480 e. The van der Waals surface area contributed by atoms with Crippen LogP contribution in [0.3, 0.4) is 0 Å². The molecule has 1 amide bonds. The molecule has 0 radical (unpaired) electrons. The quantitative estimate of drug-likeness (QED) is 0.587. The molecule has 8 heteroatoms. The van der Waals surface area contributed by atoms with Crippen LogP contribution in [0.2, 0.25) is 0 Å². The van der Waals surface area contributed by atoms with Gasteiger partial charge in [0.05, 0.1) is 12.6 Å². The smallest absolute Gasteiger partial charge is 0.327 e. The van der Waals surface area contributed by atoms with Crippen LogP contribution < -0.4 is 5.32 Å². The molecule has 29 heavy (non-hydrogen) atoms. The van der Waals surface area contributed by atoms with Crippen molar-refractivity contribution in [3.8, 4) is 0 Å². The summed E-state index contributed by atoms with van der Waals surface area (Å²) in [7, 11) is 0. The van der Waals surface area contributed by atoms with E-state index in [-0.39, 0.29) is 12.5 Å². The second kappa shape index (κ2) is 11.2. The summed E-state index contributed by atoms with van der Waals surface area (Å²) in [6, 6.07) is 5.81. The largest absolute Gasteiger partial charge is 0.480 e. The summed E-state index contributed by atoms with van der Waals surface area (Å²) in [6.07, 6.45) is 1.15. The number of hydrogen-bond donors (Lipinski definition) is 2. The lowest BCUT2D eigenvalue weighted by Gasteiger charge is -2.35. The number of carbonyl (C=O) groups is 3. The zero-order valence-corrected chi connectivity index (χ0v) is 18.0. The molecule has 2 rings (SSSR count). The van der Waals surface area contributed by atoms with Crippen molar-refractivity contribution < 1.29 is 24.2 Å². The number of carboxylic acids is 1. The summed E-state index contributed by atoms with van der Waals surface area (Å²) in [6.45, 7) is 6.08. The maximum Gasteiger partial charge on any atom is 0.327 e. The van der Waals surface area contributed by atoms with Gasteiger partial charge >= 0.3 is 11.9 Å². The van der Waals surface area contributed by atoms with E-state index in [9.17, 15) is 19.5 Å². The van der Waals surface area contributed by atoms with Crippen molar-refractivity contribution >= 4 is 29.6 Å². The lowest BCUT2D eigenvalue weighted by molar-refractivity contribution is -0.151. The molecule has 7 nitrogen and oxygen atoms in total. The van der Waals surface area contributed by atoms with Crippen LogP contribution in [0.4, 0.5) is 0 Å². The van der Waals surface area contributed by atoms with Gasteiger partial charge in [0, 0.05) is 18.1 Å². The first kappa shape index (κ1) is 23.2. The van der Waals surface area contributed by atoms with Crippen LogP contribution in [0.15, 0.2) is 24.3 Å². The third-order valence-corrected chi connectivity index (χ3v) is 6.08. The molecule has 1 saturated heterocycles. The molecule has 0 aliphatic carbocycles. The Kier molecular flexibility index (Phi) is 8.98. The predicted molar refractivity (Wildman–Crippen MR) is 113 cm³/mol. The number of amides is 1. The van der Waals surface area contributed by atoms with Gasteiger partial charge in [0.15, 0.2) is 0 Å². The average Bonchev–Trinajstić information content (AvgIpc) is 2.71. The minimum atomic E-state index is -1.00. The number of aryl methyl sites for hydroxylation is 2. The van der Waals surface area contributed by atoms with Crippen molar-refractivity contribution in [1.29, 1.82) is 0 Å². The van der Waals surface area contributed by atoms with Gasteiger partial charge in [0.2, 0.25) is 5.91 Å². The number of carboxylic acid groups (broad SMARTS) is 1. The number of rotatable bonds is 9. The highest BCUT2D eigenvalue weighted by Crippen LogP contribution is 2.18. The van der Waals surface area contributed by atoms with Crippen LogP contribution in [0, 0.1) is 6.92 Å². The number of esters is 1. The molecule has 1 aliphatic heterocycles. The maximum absolute atomic E-state index is 12.9. The molecule has 160 valence electrons. The van der Waals surface area contributed by atoms with E-state index in [0.29, 0.717) is 30.9 Å². The number of thioether (sulfide) groups is 1. The summed E-state index contributed by atoms with van der Waals surface area (Å²) in [5, 5.41) is 12.5. The molecule has 1 fully saturated rings. The fraction of sp³-hybridized carbons (Fsp3) is 0.571. The zero-order valence-electron chi connectivity index (χ0n) is 17.2. The number of nitrogens with zero attached hydrogens (tertiary/aromatic N) is 1. The van der Waals surface area contributed by atoms with E-state index in [4.69, 9.17) is 4.74 Å². The molecule has 0 saturated carbocycles. The lowest BCUT2D eigenvalue weighted by Crippen LogP contribution is -2.57. The zero-order chi connectivity index (χ0) is 21.4. The Hall–Kier alpha value is -2.06. The van der Waals surface area contributed by atoms with Gasteiger partial charge in [-0.25, -0.2) is 4.79 Å². The van der Waals surface area contributed by atoms with Crippen LogP contribution >= 0.6 is 11.8 Å². The third kappa shape index (κ3) is 6.47. The average molecular weight is 423 g/mol. The molecule has 1 heterocycles. The normalized spacial score (nSPS) is 18.7. The first-order valence-corrected chi connectivity index (χ1v) is 11.1. The van der Waals surface area contributed by atoms with Crippen LogP contribution in [0.5, 0.6) is 0 Å². The van der Waals surface area contributed by atoms with Crippen LogP contribution in [0.1, 0.15) is 31.4 Å². The molecule has 0 spiro atoms. The monoisotopic (exact) mass is 422 g/mol. The third-order valence-electron chi connectivity index (χ3n) is 5.05. The summed E-state index contributed by atoms with van der Waals surface area (Å²) in [5.74, 6) is -0.619. The summed E-state index contributed by atoms with van der Waals surface area (Å²) in [5.41, 5.74) is 2.29. The van der Waals surface area contributed by atoms with E-state index < -0.39 is 30.1 Å². The number of aliphatic carboxylic acids is 1. The second-order valence-electron chi connectivity index (χ2n) is 7.12. The molecular weight excluding hydrogens is 392 g/mol. The number of benzene rings is 1. The summed E-state index contributed by atoms with van der Waals surface area (Å²) >= 11 is 1.53. The topological polar surface area (TPSA) is 95.9 Å². The maximum atomic E-state index is 12.9. The lowest BCUT2D eigenvalue weighted by atomic mass is 10.0. The Labute approximate surface area is 176 Å². The highest BCUT2D eigenvalue weighted by molar-refractivity contribution is 7.99. The van der Waals surface area contributed by atoms with Gasteiger partial charge < -0.3 is 14.7 Å². The molecule has 3 unspecified atom stereocenters. The van der Waals surface area contributed by atoms with Gasteiger partial charge in [-0.2, -0.15) is 11.8 Å². The second-order valence-corrected chi connectivity index (χ2v) is 8.27. The molecule has 1 aromatic carbocycles. The van der Waals surface area contributed by atoms with Gasteiger partial charge in [-0.1, -0.05) is 24.3 Å². The van der Waals surface area contributed by atoms with Crippen LogP contribution in [-0.2, 0) is 25.5 Å². The molecule has 1 aliphatic rings. The Morgan fingerprint density at radius 1 is 1.34 bits per heavy atom. The van der Waals surface area contributed by atoms with Gasteiger partial charge in [-0.15, -0.1) is 0 Å². The standard InChI is InChI=1S/C21H30N2O5S/c1-4-28-21(27)17(10-9-16-8-6-5-7-14(16)2)22-15(3)19(24)23-11-12-29-13-18(23)20(25)26/h5-8,15,17-18,22H,4,9-13H2,1-3H3,(H,25,26). The van der Waals surface area contributed by atoms with Gasteiger partial charge in [0.1, 0.15) is 12.1 Å². The Balaban J connectivity index is 2.06. The van der Waals surface area contributed by atoms with Gasteiger partial charge in [0.25, 0.3) is 0 Å². The number of hydrogen-bond acceptors (Lipinski definition) is 6. The van der Waals surface area contributed by atoms with E-state index in [1.807, 2.05) is 31.2 Å². The summed E-state index contributed by atoms with van der Waals surface area (Å²) in [4.78, 5) is 38.2. The van der Waals surface area contributed by atoms with Crippen molar-refractivity contribution in [3.63, 3.8) is 0 Å². The van der Waals surface area contributed by atoms with E-state index in [0.717, 1.165) is 11.1 Å². The first-order chi connectivity index (χ1) is 13.8. The number of ether oxygens (including phenoxy) is 1. The van der Waals surface area contributed by atoms with Crippen LogP contribution in [-0.4, -0.2) is 70.6 Å². The minimum absolute atomic E-state index is 0.258. The number of carbonyl (C=O) groups excluding carboxylic acids is 2. The fourth-order valence-electron chi connectivity index (χ4n) is 3.40. The van der Waals surface area contributed by atoms with Crippen molar-refractivity contribution in [2.75, 3.05) is 24.7 Å². The van der Waals surface area contributed by atoms with Crippen molar-refractivity contribution in [2.24, 2.45) is 0 Å². The van der Waals surface area contributed by atoms with Gasteiger partial charge in [-0.3, -0.25) is 14.9 Å². The van der Waals surface area contributed by atoms with Crippen molar-refractivity contribution in [3.05, 3.63) is 35.4 Å². The Bertz CT molecular complexity index is 727. The first-order valence-electron chi connectivity index (χ1n) is 9.93. The van der Waals surface area contributed by atoms with E-state index in [2.05, 4.69) is 5.32 Å². The molecular formula is C21H30N2O5S. The van der Waals surface area contributed by atoms with E-state index in [1.54, 1.807) is 13.8 Å². The highest BCUT2D eigenvalue weighted by Gasteiger charge is 2.35. The Morgan fingerprint density at radius 2 is 2.07 bits per heavy atom. The number of nitrogens with one attached hydrogen (secondary N) is 1. The molecule has 2 N–H and O–H groups in total. The molecule has 0 bridgehead atoms. The SMILES string of the molecule is CCOC(=O)C(CCc1ccccc1C)NC(C)C(=O)N1CCSCC1C(=O)O. The molecule has 1 aromatic rings. The van der Waals surface area contributed by atoms with Crippen molar-refractivity contribution in [2.45, 2.75) is 51.7 Å².